The molecule has 0 unspecified atom stereocenters. The van der Waals surface area contributed by atoms with Crippen LogP contribution in [-0.4, -0.2) is 11.9 Å². The molecule has 0 atom stereocenters. The summed E-state index contributed by atoms with van der Waals surface area (Å²) in [6, 6.07) is 6.32. The van der Waals surface area contributed by atoms with Gasteiger partial charge in [-0.15, -0.1) is 0 Å². The van der Waals surface area contributed by atoms with Gasteiger partial charge in [0.2, 0.25) is 5.91 Å². The van der Waals surface area contributed by atoms with Crippen molar-refractivity contribution in [2.45, 2.75) is 31.7 Å². The molecule has 1 N–H and O–H groups in total. The molecule has 2 aliphatic rings. The molecule has 0 aromatic heterocycles. The van der Waals surface area contributed by atoms with E-state index in [2.05, 4.69) is 5.32 Å². The van der Waals surface area contributed by atoms with Crippen LogP contribution in [0.1, 0.15) is 30.4 Å². The summed E-state index contributed by atoms with van der Waals surface area (Å²) in [5, 5.41) is 3.79. The molecule has 3 rings (SSSR count). The zero-order valence-electron chi connectivity index (χ0n) is 9.50. The summed E-state index contributed by atoms with van der Waals surface area (Å²) < 4.78 is 0. The number of hydrogen-bond acceptors (Lipinski definition) is 1. The maximum Gasteiger partial charge on any atom is 0.244 e. The van der Waals surface area contributed by atoms with Crippen molar-refractivity contribution in [3.8, 4) is 0 Å². The third-order valence-corrected chi connectivity index (χ3v) is 3.69. The third kappa shape index (κ3) is 2.22. The summed E-state index contributed by atoms with van der Waals surface area (Å²) in [5.41, 5.74) is 3.43. The van der Waals surface area contributed by atoms with Gasteiger partial charge in [0.25, 0.3) is 0 Å². The lowest BCUT2D eigenvalue weighted by Crippen LogP contribution is -2.23. The molecular weight excluding hydrogens is 234 g/mol. The Balaban J connectivity index is 1.84. The minimum Gasteiger partial charge on any atom is -0.350 e. The topological polar surface area (TPSA) is 29.1 Å². The van der Waals surface area contributed by atoms with Gasteiger partial charge in [-0.05, 0) is 48.4 Å². The fourth-order valence-corrected chi connectivity index (χ4v) is 2.56. The number of allylic oxidation sites excluding steroid dienone is 1. The number of carbonyl (C=O) groups is 1. The van der Waals surface area contributed by atoms with Gasteiger partial charge in [-0.3, -0.25) is 4.79 Å². The average Bonchev–Trinajstić information content (AvgIpc) is 3.00. The number of halogens is 1. The van der Waals surface area contributed by atoms with Crippen molar-refractivity contribution in [2.75, 3.05) is 0 Å². The fourth-order valence-electron chi connectivity index (χ4n) is 2.29. The molecule has 0 heterocycles. The molecule has 0 spiro atoms. The standard InChI is InChI=1S/C14H14ClNO/c15-13-3-1-2-11-9(4-7-12(11)13)8-14(17)16-10-5-6-10/h1-3,8,10H,4-7H2,(H,16,17)/b9-8-. The van der Waals surface area contributed by atoms with Crippen LogP contribution in [-0.2, 0) is 11.2 Å². The van der Waals surface area contributed by atoms with Crippen LogP contribution in [0.15, 0.2) is 24.3 Å². The Hall–Kier alpha value is -1.28. The Morgan fingerprint density at radius 2 is 2.18 bits per heavy atom. The minimum atomic E-state index is 0.0373. The normalized spacial score (nSPS) is 20.4. The van der Waals surface area contributed by atoms with Crippen molar-refractivity contribution in [1.82, 2.24) is 5.32 Å². The first-order valence-corrected chi connectivity index (χ1v) is 6.40. The number of benzene rings is 1. The van der Waals surface area contributed by atoms with Crippen molar-refractivity contribution < 1.29 is 4.79 Å². The van der Waals surface area contributed by atoms with Gasteiger partial charge in [-0.1, -0.05) is 23.7 Å². The lowest BCUT2D eigenvalue weighted by molar-refractivity contribution is -0.116. The van der Waals surface area contributed by atoms with E-state index in [4.69, 9.17) is 11.6 Å². The summed E-state index contributed by atoms with van der Waals surface area (Å²) in [6.45, 7) is 0. The van der Waals surface area contributed by atoms with Crippen molar-refractivity contribution in [1.29, 1.82) is 0 Å². The number of rotatable bonds is 2. The molecular formula is C14H14ClNO. The zero-order chi connectivity index (χ0) is 11.8. The van der Waals surface area contributed by atoms with Crippen LogP contribution in [0.25, 0.3) is 5.57 Å². The molecule has 88 valence electrons. The number of fused-ring (bicyclic) bond motifs is 1. The highest BCUT2D eigenvalue weighted by molar-refractivity contribution is 6.31. The second kappa shape index (κ2) is 4.19. The number of carbonyl (C=O) groups excluding carboxylic acids is 1. The van der Waals surface area contributed by atoms with Gasteiger partial charge < -0.3 is 5.32 Å². The molecule has 1 aromatic carbocycles. The summed E-state index contributed by atoms with van der Waals surface area (Å²) in [4.78, 5) is 11.7. The van der Waals surface area contributed by atoms with E-state index in [-0.39, 0.29) is 5.91 Å². The van der Waals surface area contributed by atoms with E-state index in [1.807, 2.05) is 18.2 Å². The highest BCUT2D eigenvalue weighted by atomic mass is 35.5. The average molecular weight is 248 g/mol. The van der Waals surface area contributed by atoms with Crippen LogP contribution in [0.5, 0.6) is 0 Å². The first-order valence-electron chi connectivity index (χ1n) is 6.03. The molecule has 17 heavy (non-hydrogen) atoms. The predicted molar refractivity (Wildman–Crippen MR) is 68.9 cm³/mol. The molecule has 1 amide bonds. The highest BCUT2D eigenvalue weighted by Gasteiger charge is 2.24. The van der Waals surface area contributed by atoms with E-state index in [0.717, 1.165) is 41.8 Å². The molecule has 2 nitrogen and oxygen atoms in total. The van der Waals surface area contributed by atoms with E-state index >= 15 is 0 Å². The summed E-state index contributed by atoms with van der Waals surface area (Å²) in [5.74, 6) is 0.0373. The lowest BCUT2D eigenvalue weighted by atomic mass is 10.1. The Kier molecular flexibility index (Phi) is 2.67. The molecule has 3 heteroatoms. The predicted octanol–water partition coefficient (Wildman–Crippen LogP) is 2.95. The maximum atomic E-state index is 11.7. The molecule has 0 bridgehead atoms. The Morgan fingerprint density at radius 3 is 2.94 bits per heavy atom. The van der Waals surface area contributed by atoms with E-state index < -0.39 is 0 Å². The largest absolute Gasteiger partial charge is 0.350 e. The van der Waals surface area contributed by atoms with Gasteiger partial charge in [0.15, 0.2) is 0 Å². The van der Waals surface area contributed by atoms with Crippen LogP contribution < -0.4 is 5.32 Å². The van der Waals surface area contributed by atoms with Gasteiger partial charge in [-0.25, -0.2) is 0 Å². The van der Waals surface area contributed by atoms with Crippen molar-refractivity contribution in [2.24, 2.45) is 0 Å². The van der Waals surface area contributed by atoms with Crippen LogP contribution >= 0.6 is 11.6 Å². The Labute approximate surface area is 106 Å². The van der Waals surface area contributed by atoms with Gasteiger partial charge in [-0.2, -0.15) is 0 Å². The Bertz CT molecular complexity index is 503. The van der Waals surface area contributed by atoms with Crippen LogP contribution in [0.3, 0.4) is 0 Å². The fraction of sp³-hybridized carbons (Fsp3) is 0.357. The van der Waals surface area contributed by atoms with E-state index in [0.29, 0.717) is 6.04 Å². The van der Waals surface area contributed by atoms with Crippen LogP contribution in [0.2, 0.25) is 5.02 Å². The molecule has 2 aliphatic carbocycles. The lowest BCUT2D eigenvalue weighted by Gasteiger charge is -2.03. The van der Waals surface area contributed by atoms with Gasteiger partial charge in [0.05, 0.1) is 0 Å². The molecule has 1 aromatic rings. The van der Waals surface area contributed by atoms with E-state index in [1.54, 1.807) is 6.08 Å². The number of hydrogen-bond donors (Lipinski definition) is 1. The monoisotopic (exact) mass is 247 g/mol. The minimum absolute atomic E-state index is 0.0373. The van der Waals surface area contributed by atoms with Crippen LogP contribution in [0.4, 0.5) is 0 Å². The maximum absolute atomic E-state index is 11.7. The Morgan fingerprint density at radius 1 is 1.35 bits per heavy atom. The zero-order valence-corrected chi connectivity index (χ0v) is 10.3. The van der Waals surface area contributed by atoms with Crippen molar-refractivity contribution >= 4 is 23.1 Å². The van der Waals surface area contributed by atoms with Crippen LogP contribution in [0, 0.1) is 0 Å². The second-order valence-corrected chi connectivity index (χ2v) is 5.13. The first kappa shape index (κ1) is 10.8. The summed E-state index contributed by atoms with van der Waals surface area (Å²) in [7, 11) is 0. The quantitative estimate of drug-likeness (QED) is 0.800. The smallest absolute Gasteiger partial charge is 0.244 e. The number of nitrogens with one attached hydrogen (secondary N) is 1. The third-order valence-electron chi connectivity index (χ3n) is 3.34. The van der Waals surface area contributed by atoms with Gasteiger partial charge >= 0.3 is 0 Å². The molecule has 1 fully saturated rings. The molecule has 0 saturated heterocycles. The first-order chi connectivity index (χ1) is 8.24. The van der Waals surface area contributed by atoms with Gasteiger partial charge in [0, 0.05) is 17.1 Å². The van der Waals surface area contributed by atoms with Crippen molar-refractivity contribution in [3.05, 3.63) is 40.4 Å². The van der Waals surface area contributed by atoms with E-state index in [1.165, 1.54) is 5.56 Å². The summed E-state index contributed by atoms with van der Waals surface area (Å²) in [6.07, 6.45) is 5.84. The number of amides is 1. The van der Waals surface area contributed by atoms with Gasteiger partial charge in [0.1, 0.15) is 0 Å². The molecule has 1 saturated carbocycles. The highest BCUT2D eigenvalue weighted by Crippen LogP contribution is 2.36. The second-order valence-electron chi connectivity index (χ2n) is 4.72. The van der Waals surface area contributed by atoms with E-state index in [9.17, 15) is 4.79 Å². The SMILES string of the molecule is O=C(/C=C1/CCc2c(Cl)cccc21)NC1CC1. The summed E-state index contributed by atoms with van der Waals surface area (Å²) >= 11 is 6.14. The molecule has 0 aliphatic heterocycles. The van der Waals surface area contributed by atoms with Crippen molar-refractivity contribution in [3.63, 3.8) is 0 Å². The molecule has 0 radical (unpaired) electrons.